The van der Waals surface area contributed by atoms with E-state index in [1.165, 1.54) is 0 Å². The van der Waals surface area contributed by atoms with Gasteiger partial charge in [0.1, 0.15) is 0 Å². The first-order chi connectivity index (χ1) is 7.65. The Labute approximate surface area is 110 Å². The summed E-state index contributed by atoms with van der Waals surface area (Å²) in [4.78, 5) is 12.5. The minimum Gasteiger partial charge on any atom is -0.397 e. The van der Waals surface area contributed by atoms with Crippen molar-refractivity contribution in [1.29, 1.82) is 0 Å². The van der Waals surface area contributed by atoms with Crippen LogP contribution < -0.4 is 11.1 Å². The van der Waals surface area contributed by atoms with Crippen LogP contribution in [0, 0.1) is 0 Å². The number of fused-ring (bicyclic) bond motifs is 1. The first kappa shape index (κ1) is 13.8. The Balaban J connectivity index is 0.00000144. The van der Waals surface area contributed by atoms with Gasteiger partial charge >= 0.3 is 0 Å². The minimum absolute atomic E-state index is 0. The van der Waals surface area contributed by atoms with Crippen LogP contribution in [-0.4, -0.2) is 13.0 Å². The quantitative estimate of drug-likeness (QED) is 0.882. The van der Waals surface area contributed by atoms with Crippen molar-refractivity contribution < 1.29 is 4.79 Å². The molecule has 5 heteroatoms. The predicted octanol–water partition coefficient (Wildman–Crippen LogP) is 2.75. The predicted molar refractivity (Wildman–Crippen MR) is 76.0 cm³/mol. The molecule has 3 N–H and O–H groups in total. The summed E-state index contributed by atoms with van der Waals surface area (Å²) in [6.07, 6.45) is 0. The Morgan fingerprint density at radius 2 is 2.06 bits per heavy atom. The number of nitrogen functional groups attached to an aromatic ring is 1. The molecule has 0 aliphatic rings. The molecule has 0 saturated carbocycles. The number of anilines is 1. The molecule has 1 aromatic carbocycles. The number of likely N-dealkylation sites (N-methyl/N-ethyl adjacent to an activating group) is 1. The van der Waals surface area contributed by atoms with Crippen LogP contribution in [0.3, 0.4) is 0 Å². The molecule has 3 nitrogen and oxygen atoms in total. The van der Waals surface area contributed by atoms with Gasteiger partial charge < -0.3 is 11.1 Å². The fourth-order valence-corrected chi connectivity index (χ4v) is 2.92. The number of amides is 1. The van der Waals surface area contributed by atoms with Crippen LogP contribution in [0.1, 0.15) is 17.7 Å². The molecule has 0 unspecified atom stereocenters. The van der Waals surface area contributed by atoms with Crippen LogP contribution in [0.4, 0.5) is 5.69 Å². The van der Waals surface area contributed by atoms with Gasteiger partial charge in [-0.15, -0.1) is 23.7 Å². The van der Waals surface area contributed by atoms with Crippen molar-refractivity contribution in [2.24, 2.45) is 0 Å². The number of hydrogen-bond donors (Lipinski definition) is 2. The van der Waals surface area contributed by atoms with Gasteiger partial charge in [0.25, 0.3) is 0 Å². The monoisotopic (exact) mass is 270 g/mol. The van der Waals surface area contributed by atoms with Gasteiger partial charge in [-0.3, -0.25) is 4.79 Å². The van der Waals surface area contributed by atoms with Gasteiger partial charge in [-0.1, -0.05) is 18.2 Å². The maximum Gasteiger partial charge on any atom is 0.227 e. The zero-order valence-corrected chi connectivity index (χ0v) is 11.3. The van der Waals surface area contributed by atoms with Crippen LogP contribution in [-0.2, 0) is 4.79 Å². The molecule has 0 saturated heterocycles. The van der Waals surface area contributed by atoms with E-state index in [0.717, 1.165) is 20.7 Å². The van der Waals surface area contributed by atoms with E-state index in [1.54, 1.807) is 18.4 Å². The molecule has 0 bridgehead atoms. The van der Waals surface area contributed by atoms with E-state index in [9.17, 15) is 4.79 Å². The van der Waals surface area contributed by atoms with Crippen LogP contribution in [0.5, 0.6) is 0 Å². The normalized spacial score (nSPS) is 11.9. The van der Waals surface area contributed by atoms with Crippen molar-refractivity contribution in [3.05, 3.63) is 29.1 Å². The van der Waals surface area contributed by atoms with Crippen molar-refractivity contribution in [3.8, 4) is 0 Å². The molecule has 92 valence electrons. The first-order valence-corrected chi connectivity index (χ1v) is 5.95. The molecule has 0 spiro atoms. The molecule has 1 heterocycles. The molecule has 1 aromatic heterocycles. The summed E-state index contributed by atoms with van der Waals surface area (Å²) in [7, 11) is 1.64. The molecule has 0 radical (unpaired) electrons. The van der Waals surface area contributed by atoms with E-state index in [2.05, 4.69) is 5.32 Å². The molecule has 0 fully saturated rings. The molecule has 2 rings (SSSR count). The molecule has 1 atom stereocenters. The lowest BCUT2D eigenvalue weighted by Crippen LogP contribution is -2.23. The smallest absolute Gasteiger partial charge is 0.227 e. The van der Waals surface area contributed by atoms with E-state index in [0.29, 0.717) is 0 Å². The standard InChI is InChI=1S/C12H14N2OS.ClH/c1-7(12(15)14-2)11-10(13)8-5-3-4-6-9(8)16-11;/h3-7H,13H2,1-2H3,(H,14,15);1H/t7-;/m0./s1. The fraction of sp³-hybridized carbons (Fsp3) is 0.250. The Morgan fingerprint density at radius 3 is 2.65 bits per heavy atom. The molecule has 0 aliphatic heterocycles. The Morgan fingerprint density at radius 1 is 1.41 bits per heavy atom. The summed E-state index contributed by atoms with van der Waals surface area (Å²) < 4.78 is 1.13. The Bertz CT molecular complexity index is 538. The van der Waals surface area contributed by atoms with Gasteiger partial charge in [-0.2, -0.15) is 0 Å². The van der Waals surface area contributed by atoms with Gasteiger partial charge in [-0.25, -0.2) is 0 Å². The zero-order chi connectivity index (χ0) is 11.7. The highest BCUT2D eigenvalue weighted by Gasteiger charge is 2.20. The van der Waals surface area contributed by atoms with E-state index in [4.69, 9.17) is 5.73 Å². The van der Waals surface area contributed by atoms with Crippen LogP contribution >= 0.6 is 23.7 Å². The second kappa shape index (κ2) is 5.38. The van der Waals surface area contributed by atoms with E-state index in [-0.39, 0.29) is 24.2 Å². The number of thiophene rings is 1. The highest BCUT2D eigenvalue weighted by molar-refractivity contribution is 7.20. The summed E-state index contributed by atoms with van der Waals surface area (Å²) in [6, 6.07) is 7.95. The van der Waals surface area contributed by atoms with Crippen molar-refractivity contribution in [2.75, 3.05) is 12.8 Å². The highest BCUT2D eigenvalue weighted by Crippen LogP contribution is 2.37. The number of hydrogen-bond acceptors (Lipinski definition) is 3. The highest BCUT2D eigenvalue weighted by atomic mass is 35.5. The number of halogens is 1. The van der Waals surface area contributed by atoms with Crippen molar-refractivity contribution >= 4 is 45.4 Å². The minimum atomic E-state index is -0.192. The van der Waals surface area contributed by atoms with Gasteiger partial charge in [0.15, 0.2) is 0 Å². The molecule has 17 heavy (non-hydrogen) atoms. The fourth-order valence-electron chi connectivity index (χ4n) is 1.74. The lowest BCUT2D eigenvalue weighted by molar-refractivity contribution is -0.121. The van der Waals surface area contributed by atoms with Gasteiger partial charge in [-0.05, 0) is 13.0 Å². The number of carbonyl (C=O) groups excluding carboxylic acids is 1. The van der Waals surface area contributed by atoms with Crippen LogP contribution in [0.25, 0.3) is 10.1 Å². The molecule has 2 aromatic rings. The Hall–Kier alpha value is -1.26. The average molecular weight is 271 g/mol. The molecule has 1 amide bonds. The topological polar surface area (TPSA) is 55.1 Å². The number of nitrogens with one attached hydrogen (secondary N) is 1. The van der Waals surface area contributed by atoms with Gasteiger partial charge in [0, 0.05) is 22.0 Å². The lowest BCUT2D eigenvalue weighted by atomic mass is 10.1. The van der Waals surface area contributed by atoms with E-state index >= 15 is 0 Å². The third-order valence-electron chi connectivity index (χ3n) is 2.70. The summed E-state index contributed by atoms with van der Waals surface area (Å²) in [6.45, 7) is 1.87. The molecular formula is C12H15ClN2OS. The van der Waals surface area contributed by atoms with Gasteiger partial charge in [0.05, 0.1) is 11.6 Å². The summed E-state index contributed by atoms with van der Waals surface area (Å²) in [5.74, 6) is -0.194. The average Bonchev–Trinajstić information content (AvgIpc) is 2.65. The summed E-state index contributed by atoms with van der Waals surface area (Å²) >= 11 is 1.59. The van der Waals surface area contributed by atoms with Crippen LogP contribution in [0.2, 0.25) is 0 Å². The van der Waals surface area contributed by atoms with Crippen molar-refractivity contribution in [2.45, 2.75) is 12.8 Å². The van der Waals surface area contributed by atoms with E-state index < -0.39 is 0 Å². The largest absolute Gasteiger partial charge is 0.397 e. The van der Waals surface area contributed by atoms with Crippen molar-refractivity contribution in [3.63, 3.8) is 0 Å². The second-order valence-electron chi connectivity index (χ2n) is 3.71. The van der Waals surface area contributed by atoms with Crippen molar-refractivity contribution in [1.82, 2.24) is 5.32 Å². The molecular weight excluding hydrogens is 256 g/mol. The van der Waals surface area contributed by atoms with Gasteiger partial charge in [0.2, 0.25) is 5.91 Å². The number of carbonyl (C=O) groups is 1. The Kier molecular flexibility index (Phi) is 4.37. The summed E-state index contributed by atoms with van der Waals surface area (Å²) in [5.41, 5.74) is 6.80. The maximum atomic E-state index is 11.6. The summed E-state index contributed by atoms with van der Waals surface area (Å²) in [5, 5.41) is 3.69. The second-order valence-corrected chi connectivity index (χ2v) is 4.80. The first-order valence-electron chi connectivity index (χ1n) is 5.13. The van der Waals surface area contributed by atoms with E-state index in [1.807, 2.05) is 31.2 Å². The number of nitrogens with two attached hydrogens (primary N) is 1. The van der Waals surface area contributed by atoms with Crippen LogP contribution in [0.15, 0.2) is 24.3 Å². The lowest BCUT2D eigenvalue weighted by Gasteiger charge is -2.08. The number of rotatable bonds is 2. The maximum absolute atomic E-state index is 11.6. The zero-order valence-electron chi connectivity index (χ0n) is 9.69. The third-order valence-corrected chi connectivity index (χ3v) is 4.06. The SMILES string of the molecule is CNC(=O)[C@@H](C)c1sc2ccccc2c1N.Cl. The number of benzene rings is 1. The molecule has 0 aliphatic carbocycles. The third kappa shape index (κ3) is 2.37.